The highest BCUT2D eigenvalue weighted by Gasteiger charge is 2.27. The molecule has 6 heteroatoms. The van der Waals surface area contributed by atoms with Crippen LogP contribution in [0.4, 0.5) is 5.69 Å². The number of ether oxygens (including phenoxy) is 1. The number of piperazine rings is 1. The van der Waals surface area contributed by atoms with Crippen LogP contribution in [0, 0.1) is 12.8 Å². The van der Waals surface area contributed by atoms with E-state index >= 15 is 0 Å². The molecule has 36 heavy (non-hydrogen) atoms. The highest BCUT2D eigenvalue weighted by molar-refractivity contribution is 5.94. The molecule has 3 aromatic carbocycles. The molecule has 1 aliphatic rings. The van der Waals surface area contributed by atoms with Gasteiger partial charge in [-0.1, -0.05) is 38.1 Å². The fourth-order valence-electron chi connectivity index (χ4n) is 4.73. The Kier molecular flexibility index (Phi) is 8.16. The predicted molar refractivity (Wildman–Crippen MR) is 145 cm³/mol. The van der Waals surface area contributed by atoms with Crippen LogP contribution in [0.15, 0.2) is 72.8 Å². The molecule has 3 aromatic rings. The Hall–Kier alpha value is -3.51. The van der Waals surface area contributed by atoms with E-state index in [1.807, 2.05) is 73.7 Å². The number of anilines is 1. The van der Waals surface area contributed by atoms with Gasteiger partial charge >= 0.3 is 0 Å². The van der Waals surface area contributed by atoms with E-state index in [4.69, 9.17) is 4.74 Å². The number of carbonyl (C=O) groups is 1. The first-order chi connectivity index (χ1) is 17.3. The molecule has 190 valence electrons. The van der Waals surface area contributed by atoms with Crippen molar-refractivity contribution in [3.63, 3.8) is 0 Å². The lowest BCUT2D eigenvalue weighted by atomic mass is 10.0. The number of hydrogen-bond donors (Lipinski definition) is 2. The highest BCUT2D eigenvalue weighted by atomic mass is 16.5. The molecule has 1 saturated heterocycles. The van der Waals surface area contributed by atoms with Crippen molar-refractivity contribution >= 4 is 11.6 Å². The topological polar surface area (TPSA) is 65.0 Å². The lowest BCUT2D eigenvalue weighted by Crippen LogP contribution is -2.56. The molecule has 0 bridgehead atoms. The van der Waals surface area contributed by atoms with Gasteiger partial charge in [0.25, 0.3) is 5.91 Å². The molecule has 1 fully saturated rings. The quantitative estimate of drug-likeness (QED) is 0.442. The summed E-state index contributed by atoms with van der Waals surface area (Å²) in [5, 5.41) is 13.1. The maximum absolute atomic E-state index is 13.2. The Bertz CT molecular complexity index is 1170. The van der Waals surface area contributed by atoms with Crippen molar-refractivity contribution in [3.8, 4) is 17.2 Å². The van der Waals surface area contributed by atoms with Crippen molar-refractivity contribution in [1.82, 2.24) is 10.2 Å². The van der Waals surface area contributed by atoms with E-state index in [1.54, 1.807) is 6.07 Å². The van der Waals surface area contributed by atoms with Crippen molar-refractivity contribution in [2.45, 2.75) is 39.8 Å². The van der Waals surface area contributed by atoms with Gasteiger partial charge in [0.15, 0.2) is 0 Å². The standard InChI is InChI=1S/C30H37N3O3/c1-21(2)28(20-32-15-16-33(23(4)19-32)25-9-8-10-26(34)18-25)31-30(35)24-13-14-29(22(3)17-24)36-27-11-6-5-7-12-27/h5-14,17-18,21,23,28,34H,15-16,19-20H2,1-4H3,(H,31,35)/t23-,28?/m0/s1. The van der Waals surface area contributed by atoms with Crippen LogP contribution in [0.2, 0.25) is 0 Å². The lowest BCUT2D eigenvalue weighted by Gasteiger charge is -2.42. The summed E-state index contributed by atoms with van der Waals surface area (Å²) in [4.78, 5) is 17.9. The van der Waals surface area contributed by atoms with Crippen molar-refractivity contribution < 1.29 is 14.6 Å². The van der Waals surface area contributed by atoms with Crippen molar-refractivity contribution in [1.29, 1.82) is 0 Å². The molecule has 1 unspecified atom stereocenters. The number of phenols is 1. The third-order valence-electron chi connectivity index (χ3n) is 6.86. The second-order valence-electron chi connectivity index (χ2n) is 10.0. The molecule has 0 radical (unpaired) electrons. The van der Waals surface area contributed by atoms with Gasteiger partial charge in [0.1, 0.15) is 17.2 Å². The summed E-state index contributed by atoms with van der Waals surface area (Å²) in [6.07, 6.45) is 0. The van der Waals surface area contributed by atoms with E-state index in [2.05, 4.69) is 35.9 Å². The summed E-state index contributed by atoms with van der Waals surface area (Å²) in [7, 11) is 0. The number of carbonyl (C=O) groups excluding carboxylic acids is 1. The van der Waals surface area contributed by atoms with Crippen LogP contribution in [0.25, 0.3) is 0 Å². The summed E-state index contributed by atoms with van der Waals surface area (Å²) >= 11 is 0. The zero-order valence-corrected chi connectivity index (χ0v) is 21.6. The van der Waals surface area contributed by atoms with Crippen LogP contribution >= 0.6 is 0 Å². The van der Waals surface area contributed by atoms with E-state index in [9.17, 15) is 9.90 Å². The van der Waals surface area contributed by atoms with Gasteiger partial charge in [-0.2, -0.15) is 0 Å². The van der Waals surface area contributed by atoms with Gasteiger partial charge in [0.05, 0.1) is 0 Å². The molecule has 0 aromatic heterocycles. The largest absolute Gasteiger partial charge is 0.508 e. The van der Waals surface area contributed by atoms with E-state index in [0.29, 0.717) is 23.3 Å². The molecular weight excluding hydrogens is 450 g/mol. The maximum atomic E-state index is 13.2. The first kappa shape index (κ1) is 25.6. The normalized spacial score (nSPS) is 17.1. The SMILES string of the molecule is Cc1cc(C(=O)NC(CN2CCN(c3cccc(O)c3)[C@@H](C)C2)C(C)C)ccc1Oc1ccccc1. The summed E-state index contributed by atoms with van der Waals surface area (Å²) in [6.45, 7) is 12.0. The van der Waals surface area contributed by atoms with E-state index in [0.717, 1.165) is 48.9 Å². The highest BCUT2D eigenvalue weighted by Crippen LogP contribution is 2.26. The minimum Gasteiger partial charge on any atom is -0.508 e. The molecule has 1 heterocycles. The number of hydrogen-bond acceptors (Lipinski definition) is 5. The Balaban J connectivity index is 1.36. The monoisotopic (exact) mass is 487 g/mol. The molecule has 1 aliphatic heterocycles. The van der Waals surface area contributed by atoms with Crippen LogP contribution in [-0.2, 0) is 0 Å². The fraction of sp³-hybridized carbons (Fsp3) is 0.367. The average molecular weight is 488 g/mol. The second kappa shape index (κ2) is 11.5. The molecule has 1 amide bonds. The Morgan fingerprint density at radius 1 is 1.06 bits per heavy atom. The Morgan fingerprint density at radius 3 is 2.50 bits per heavy atom. The third kappa shape index (κ3) is 6.38. The van der Waals surface area contributed by atoms with Gasteiger partial charge in [-0.25, -0.2) is 0 Å². The summed E-state index contributed by atoms with van der Waals surface area (Å²) in [5.41, 5.74) is 2.61. The molecule has 6 nitrogen and oxygen atoms in total. The molecule has 2 atom stereocenters. The first-order valence-corrected chi connectivity index (χ1v) is 12.7. The van der Waals surface area contributed by atoms with Crippen LogP contribution in [0.3, 0.4) is 0 Å². The number of amides is 1. The Morgan fingerprint density at radius 2 is 1.83 bits per heavy atom. The van der Waals surface area contributed by atoms with Crippen molar-refractivity contribution in [2.75, 3.05) is 31.1 Å². The predicted octanol–water partition coefficient (Wildman–Crippen LogP) is 5.46. The number of nitrogens with one attached hydrogen (secondary N) is 1. The average Bonchev–Trinajstić information content (AvgIpc) is 2.85. The number of aromatic hydroxyl groups is 1. The fourth-order valence-corrected chi connectivity index (χ4v) is 4.73. The molecule has 4 rings (SSSR count). The van der Waals surface area contributed by atoms with Gasteiger partial charge in [0, 0.05) is 55.6 Å². The molecule has 0 spiro atoms. The first-order valence-electron chi connectivity index (χ1n) is 12.7. The number of nitrogens with zero attached hydrogens (tertiary/aromatic N) is 2. The molecule has 0 saturated carbocycles. The molecular formula is C30H37N3O3. The second-order valence-corrected chi connectivity index (χ2v) is 10.0. The van der Waals surface area contributed by atoms with Gasteiger partial charge in [-0.15, -0.1) is 0 Å². The number of phenolic OH excluding ortho intramolecular Hbond substituents is 1. The summed E-state index contributed by atoms with van der Waals surface area (Å²) in [5.74, 6) is 2.05. The zero-order valence-electron chi connectivity index (χ0n) is 21.6. The van der Waals surface area contributed by atoms with Crippen LogP contribution in [0.1, 0.15) is 36.7 Å². The third-order valence-corrected chi connectivity index (χ3v) is 6.86. The van der Waals surface area contributed by atoms with Crippen molar-refractivity contribution in [3.05, 3.63) is 83.9 Å². The van der Waals surface area contributed by atoms with Gasteiger partial charge in [-0.3, -0.25) is 9.69 Å². The van der Waals surface area contributed by atoms with Crippen LogP contribution in [-0.4, -0.2) is 54.2 Å². The number of benzene rings is 3. The smallest absolute Gasteiger partial charge is 0.251 e. The maximum Gasteiger partial charge on any atom is 0.251 e. The number of para-hydroxylation sites is 1. The van der Waals surface area contributed by atoms with Gasteiger partial charge in [-0.05, 0) is 67.8 Å². The molecule has 0 aliphatic carbocycles. The van der Waals surface area contributed by atoms with Crippen LogP contribution < -0.4 is 15.0 Å². The van der Waals surface area contributed by atoms with Crippen LogP contribution in [0.5, 0.6) is 17.2 Å². The van der Waals surface area contributed by atoms with Gasteiger partial charge < -0.3 is 20.1 Å². The molecule has 2 N–H and O–H groups in total. The summed E-state index contributed by atoms with van der Waals surface area (Å²) in [6, 6.07) is 23.0. The van der Waals surface area contributed by atoms with E-state index < -0.39 is 0 Å². The van der Waals surface area contributed by atoms with Gasteiger partial charge in [0.2, 0.25) is 0 Å². The number of aryl methyl sites for hydroxylation is 1. The number of rotatable bonds is 8. The zero-order chi connectivity index (χ0) is 25.7. The van der Waals surface area contributed by atoms with E-state index in [1.165, 1.54) is 0 Å². The minimum absolute atomic E-state index is 0.0394. The van der Waals surface area contributed by atoms with Crippen molar-refractivity contribution in [2.24, 2.45) is 5.92 Å². The lowest BCUT2D eigenvalue weighted by molar-refractivity contribution is 0.0903. The summed E-state index contributed by atoms with van der Waals surface area (Å²) < 4.78 is 5.96. The Labute approximate surface area is 214 Å². The minimum atomic E-state index is -0.0606. The van der Waals surface area contributed by atoms with E-state index in [-0.39, 0.29) is 11.9 Å².